The fourth-order valence-electron chi connectivity index (χ4n) is 4.74. The number of carbonyl (C=O) groups excluding carboxylic acids is 5. The fourth-order valence-corrected chi connectivity index (χ4v) is 5.13. The average molecular weight is 633 g/mol. The predicted molar refractivity (Wildman–Crippen MR) is 141 cm³/mol. The Morgan fingerprint density at radius 2 is 1.42 bits per heavy atom. The van der Waals surface area contributed by atoms with Gasteiger partial charge in [-0.05, 0) is 12.1 Å². The summed E-state index contributed by atoms with van der Waals surface area (Å²) in [5.74, 6) is -3.44. The van der Waals surface area contributed by atoms with Crippen LogP contribution in [0.2, 0.25) is 0 Å². The third-order valence-corrected chi connectivity index (χ3v) is 7.09. The summed E-state index contributed by atoms with van der Waals surface area (Å²) >= 11 is 6.39. The van der Waals surface area contributed by atoms with Gasteiger partial charge in [0.25, 0.3) is 11.8 Å². The minimum atomic E-state index is -1.36. The number of aliphatic hydroxyl groups is 4. The number of nitrogens with zero attached hydrogens (tertiary/aromatic N) is 1. The quantitative estimate of drug-likeness (QED) is 0.0966. The average Bonchev–Trinajstić information content (AvgIpc) is 3.19. The number of fused-ring (bicyclic) bond motifs is 1. The molecule has 16 nitrogen and oxygen atoms in total. The number of amides is 2. The summed E-state index contributed by atoms with van der Waals surface area (Å²) in [5, 5.41) is 36.1. The van der Waals surface area contributed by atoms with Gasteiger partial charge in [-0.25, -0.2) is 0 Å². The highest BCUT2D eigenvalue weighted by atomic mass is 35.5. The van der Waals surface area contributed by atoms with Crippen LogP contribution < -0.4 is 5.73 Å². The molecule has 43 heavy (non-hydrogen) atoms. The molecule has 0 saturated carbocycles. The molecule has 3 aliphatic heterocycles. The number of hydrogen-bond donors (Lipinski definition) is 5. The van der Waals surface area contributed by atoms with Crippen molar-refractivity contribution in [1.29, 1.82) is 0 Å². The van der Waals surface area contributed by atoms with Crippen LogP contribution in [0, 0.1) is 0 Å². The molecule has 0 bridgehead atoms. The van der Waals surface area contributed by atoms with E-state index in [0.717, 1.165) is 18.7 Å². The van der Waals surface area contributed by atoms with E-state index in [2.05, 4.69) is 0 Å². The molecule has 2 saturated heterocycles. The number of imide groups is 1. The molecule has 1 unspecified atom stereocenters. The number of rotatable bonds is 6. The molecule has 1 aromatic carbocycles. The van der Waals surface area contributed by atoms with Crippen LogP contribution in [0.3, 0.4) is 0 Å². The lowest BCUT2D eigenvalue weighted by atomic mass is 9.96. The zero-order valence-electron chi connectivity index (χ0n) is 23.3. The summed E-state index contributed by atoms with van der Waals surface area (Å²) in [4.78, 5) is 61.6. The molecule has 1 aromatic rings. The van der Waals surface area contributed by atoms with E-state index in [1.54, 1.807) is 12.1 Å². The van der Waals surface area contributed by atoms with Gasteiger partial charge in [-0.1, -0.05) is 23.7 Å². The molecule has 0 spiro atoms. The first-order chi connectivity index (χ1) is 20.2. The largest absolute Gasteiger partial charge is 0.463 e. The molecular formula is C26H33ClN2O14. The lowest BCUT2D eigenvalue weighted by Gasteiger charge is -2.45. The molecule has 2 amide bonds. The normalized spacial score (nSPS) is 33.6. The first-order valence-electron chi connectivity index (χ1n) is 13.0. The Morgan fingerprint density at radius 3 is 1.91 bits per heavy atom. The Hall–Kier alpha value is -3.22. The molecule has 3 aliphatic rings. The fraction of sp³-hybridized carbons (Fsp3) is 0.577. The maximum atomic E-state index is 13.0. The summed E-state index contributed by atoms with van der Waals surface area (Å²) in [6.45, 7) is 2.58. The van der Waals surface area contributed by atoms with Crippen molar-refractivity contribution in [3.05, 3.63) is 35.4 Å². The van der Waals surface area contributed by atoms with Gasteiger partial charge in [-0.2, -0.15) is 0 Å². The van der Waals surface area contributed by atoms with E-state index in [1.165, 1.54) is 19.1 Å². The molecule has 0 aromatic heterocycles. The van der Waals surface area contributed by atoms with Crippen molar-refractivity contribution < 1.29 is 68.1 Å². The smallest absolute Gasteiger partial charge is 0.303 e. The van der Waals surface area contributed by atoms with Gasteiger partial charge in [-0.3, -0.25) is 28.9 Å². The van der Waals surface area contributed by atoms with Crippen LogP contribution in [0.15, 0.2) is 24.3 Å². The van der Waals surface area contributed by atoms with E-state index >= 15 is 0 Å². The number of alkyl halides is 1. The van der Waals surface area contributed by atoms with E-state index in [0.29, 0.717) is 0 Å². The van der Waals surface area contributed by atoms with Crippen molar-refractivity contribution in [1.82, 2.24) is 4.90 Å². The van der Waals surface area contributed by atoms with Crippen molar-refractivity contribution in [3.63, 3.8) is 0 Å². The summed E-state index contributed by atoms with van der Waals surface area (Å²) < 4.78 is 26.0. The lowest BCUT2D eigenvalue weighted by Crippen LogP contribution is -2.65. The van der Waals surface area contributed by atoms with Crippen molar-refractivity contribution in [2.45, 2.75) is 81.3 Å². The summed E-state index contributed by atoms with van der Waals surface area (Å²) in [7, 11) is 0. The number of nitrogens with two attached hydrogens (primary N) is 1. The van der Waals surface area contributed by atoms with Crippen LogP contribution in [0.25, 0.3) is 0 Å². The number of halogens is 1. The molecule has 4 rings (SSSR count). The molecule has 238 valence electrons. The topological polar surface area (TPSA) is 242 Å². The Morgan fingerprint density at radius 1 is 0.884 bits per heavy atom. The zero-order valence-corrected chi connectivity index (χ0v) is 24.0. The Labute approximate surface area is 250 Å². The molecule has 2 fully saturated rings. The van der Waals surface area contributed by atoms with Gasteiger partial charge in [0.15, 0.2) is 24.1 Å². The van der Waals surface area contributed by atoms with Crippen molar-refractivity contribution in [2.75, 3.05) is 13.2 Å². The number of ether oxygens (including phenoxy) is 5. The van der Waals surface area contributed by atoms with E-state index in [4.69, 9.17) is 51.2 Å². The second-order valence-electron chi connectivity index (χ2n) is 9.80. The van der Waals surface area contributed by atoms with Gasteiger partial charge in [0.05, 0.1) is 23.8 Å². The highest BCUT2D eigenvalue weighted by Gasteiger charge is 2.56. The van der Waals surface area contributed by atoms with Gasteiger partial charge in [0, 0.05) is 20.8 Å². The minimum absolute atomic E-state index is 0.156. The third kappa shape index (κ3) is 7.66. The number of benzene rings is 1. The molecule has 10 atom stereocenters. The first kappa shape index (κ1) is 34.3. The Bertz CT molecular complexity index is 1180. The zero-order chi connectivity index (χ0) is 32.2. The van der Waals surface area contributed by atoms with E-state index in [-0.39, 0.29) is 17.7 Å². The van der Waals surface area contributed by atoms with Crippen LogP contribution in [0.1, 0.15) is 41.5 Å². The lowest BCUT2D eigenvalue weighted by molar-refractivity contribution is -0.248. The molecule has 0 aliphatic carbocycles. The molecule has 3 heterocycles. The minimum Gasteiger partial charge on any atom is -0.463 e. The summed E-state index contributed by atoms with van der Waals surface area (Å²) in [6, 6.07) is 3.82. The van der Waals surface area contributed by atoms with Gasteiger partial charge in [0.1, 0.15) is 37.1 Å². The summed E-state index contributed by atoms with van der Waals surface area (Å²) in [5.41, 5.74) is 4.23. The third-order valence-electron chi connectivity index (χ3n) is 6.73. The van der Waals surface area contributed by atoms with Crippen molar-refractivity contribution >= 4 is 41.3 Å². The molecule has 6 N–H and O–H groups in total. The van der Waals surface area contributed by atoms with Crippen molar-refractivity contribution in [2.24, 2.45) is 5.73 Å². The molecule has 0 radical (unpaired) electrons. The predicted octanol–water partition coefficient (Wildman–Crippen LogP) is -2.21. The van der Waals surface area contributed by atoms with Crippen molar-refractivity contribution in [3.8, 4) is 0 Å². The van der Waals surface area contributed by atoms with Crippen LogP contribution >= 0.6 is 11.6 Å². The van der Waals surface area contributed by atoms with Gasteiger partial charge >= 0.3 is 17.9 Å². The molecular weight excluding hydrogens is 600 g/mol. The molecule has 17 heteroatoms. The number of esters is 3. The standard InChI is InChI=1S/C20H20ClNO9.C6H13NO5/c1-9(23)28-8-14-16(29-10(2)24)17(30-11(3)25)15(18(21)31-14)22-19(26)12-6-4-5-7-13(12)20(22)27;7-3-5(10)4(9)2(1-8)12-6(3)11/h4-7,14-18H,8H2,1-3H3;2-6,8-11H,1,7H2/t14-,15-,16-,17-,18?;2-,3-,4-,5-,6-/m11/s1. The Kier molecular flexibility index (Phi) is 11.6. The number of hydrogen-bond acceptors (Lipinski definition) is 15. The van der Waals surface area contributed by atoms with Gasteiger partial charge < -0.3 is 49.8 Å². The summed E-state index contributed by atoms with van der Waals surface area (Å²) in [6.07, 6.45) is -8.62. The van der Waals surface area contributed by atoms with Gasteiger partial charge in [0.2, 0.25) is 0 Å². The van der Waals surface area contributed by atoms with E-state index in [9.17, 15) is 34.2 Å². The number of carbonyl (C=O) groups is 5. The second kappa shape index (κ2) is 14.5. The maximum absolute atomic E-state index is 13.0. The van der Waals surface area contributed by atoms with E-state index < -0.39 is 96.9 Å². The van der Waals surface area contributed by atoms with Crippen LogP contribution in [0.4, 0.5) is 0 Å². The van der Waals surface area contributed by atoms with Crippen LogP contribution in [0.5, 0.6) is 0 Å². The maximum Gasteiger partial charge on any atom is 0.303 e. The second-order valence-corrected chi connectivity index (χ2v) is 10.2. The highest BCUT2D eigenvalue weighted by Crippen LogP contribution is 2.36. The first-order valence-corrected chi connectivity index (χ1v) is 13.4. The van der Waals surface area contributed by atoms with Gasteiger partial charge in [-0.15, -0.1) is 0 Å². The number of aliphatic hydroxyl groups excluding tert-OH is 4. The SMILES string of the molecule is CC(=O)OC[C@H]1OC(Cl)[C@H](N2C(=O)c3ccccc3C2=O)[C@@H](OC(C)=O)[C@@H]1OC(C)=O.N[C@@H]1[C@@H](O)[C@H](O)[C@@H](CO)O[C@H]1O. The highest BCUT2D eigenvalue weighted by molar-refractivity contribution is 6.24. The van der Waals surface area contributed by atoms with Crippen LogP contribution in [-0.2, 0) is 38.1 Å². The monoisotopic (exact) mass is 632 g/mol. The van der Waals surface area contributed by atoms with E-state index in [1.807, 2.05) is 0 Å². The van der Waals surface area contributed by atoms with Crippen LogP contribution in [-0.4, -0.2) is 129 Å². The Balaban J connectivity index is 0.000000353.